The molecule has 0 bridgehead atoms. The largest absolute Gasteiger partial charge is 0.508 e. The lowest BCUT2D eigenvalue weighted by Crippen LogP contribution is -2.32. The van der Waals surface area contributed by atoms with Crippen molar-refractivity contribution in [3.05, 3.63) is 269 Å². The molecule has 10 heterocycles. The van der Waals surface area contributed by atoms with Gasteiger partial charge >= 0.3 is 0 Å². The highest BCUT2D eigenvalue weighted by Gasteiger charge is 2.32. The number of aromatic hydroxyl groups is 1. The van der Waals surface area contributed by atoms with Crippen molar-refractivity contribution >= 4 is 188 Å². The number of hydrogen-bond donors (Lipinski definition) is 3. The summed E-state index contributed by atoms with van der Waals surface area (Å²) in [5.41, 5.74) is 13.7. The Morgan fingerprint density at radius 1 is 0.363 bits per heavy atom. The smallest absolute Gasteiger partial charge is 0.243 e. The maximum absolute atomic E-state index is 12.3. The third-order valence-electron chi connectivity index (χ3n) is 20.4. The van der Waals surface area contributed by atoms with Crippen LogP contribution < -0.4 is 49.2 Å². The molecule has 0 radical (unpaired) electrons. The minimum atomic E-state index is -0.0271. The van der Waals surface area contributed by atoms with Crippen LogP contribution in [0.15, 0.2) is 212 Å². The quantitative estimate of drug-likeness (QED) is 0.0723. The molecule has 0 atom stereocenters. The molecule has 0 unspecified atom stereocenters. The van der Waals surface area contributed by atoms with Crippen LogP contribution in [-0.2, 0) is 49.7 Å². The van der Waals surface area contributed by atoms with E-state index in [-0.39, 0.29) is 53.7 Å². The monoisotopic (exact) mass is 1810 g/mol. The molecule has 5 aliphatic rings. The number of carbonyl (C=O) groups excluding carboxylic acids is 5. The lowest BCUT2D eigenvalue weighted by atomic mass is 10.00. The predicted molar refractivity (Wildman–Crippen MR) is 498 cm³/mol. The number of carbonyl (C=O) groups is 5. The second-order valence-electron chi connectivity index (χ2n) is 29.1. The first-order chi connectivity index (χ1) is 59.5. The molecule has 0 spiro atoms. The zero-order valence-electron chi connectivity index (χ0n) is 69.8. The average molecular weight is 1810 g/mol. The molecule has 5 aliphatic heterocycles. The zero-order chi connectivity index (χ0) is 86.5. The molecule has 5 aromatic heterocycles. The summed E-state index contributed by atoms with van der Waals surface area (Å²) in [6, 6.07) is 67.3. The standard InChI is InChI=1S/3C19H17N3O2.C18H15N3O2.C9H7ClN2.C9H10N2O2.C2H5I.ClH/c3*1-12-20-17-6-4-3-5-16(17)19(21-12)22-11-14(23)9-13-10-15(24-2)7-8-18(13)22;1-11-19-16-5-3-2-4-15(16)18(20-11)21-10-14(23)9-12-8-13(22)6-7-17(12)21;1-6-11-8-5-3-2-4-7(8)9(10)12-6;1-13-6-2-3-7-8(4-6)11-9(12)5-10-7;1-2-3;/h3*3-8,10H,9,11H2,1-2H3;2-8,22H,9-10H2,1H3;2-5H,1H3;2-4,10H,5H2,1H3,(H,11,12);2H2,1H3;1H/i2-1;;;;;;2-1;. The van der Waals surface area contributed by atoms with Crippen molar-refractivity contribution in [3.8, 4) is 28.7 Å². The Labute approximate surface area is 741 Å². The number of phenols is 1. The molecule has 20 rings (SSSR count). The van der Waals surface area contributed by atoms with Gasteiger partial charge < -0.3 is 54.3 Å². The number of nitrogens with zero attached hydrogens (tertiary/aromatic N) is 14. The fourth-order valence-corrected chi connectivity index (χ4v) is 15.4. The number of methoxy groups -OCH3 is 4. The van der Waals surface area contributed by atoms with E-state index in [2.05, 4.69) is 90.0 Å². The van der Waals surface area contributed by atoms with Gasteiger partial charge in [-0.1, -0.05) is 102 Å². The van der Waals surface area contributed by atoms with E-state index in [0.717, 1.165) is 157 Å². The minimum Gasteiger partial charge on any atom is -0.508 e. The van der Waals surface area contributed by atoms with Gasteiger partial charge in [0.1, 0.15) is 86.3 Å². The van der Waals surface area contributed by atoms with Gasteiger partial charge in [-0.3, -0.25) is 24.0 Å². The van der Waals surface area contributed by atoms with Crippen LogP contribution in [0.4, 0.5) is 57.4 Å². The Hall–Kier alpha value is -13.6. The van der Waals surface area contributed by atoms with Crippen LogP contribution in [0.25, 0.3) is 54.5 Å². The Balaban J connectivity index is 0.000000129. The first-order valence-corrected chi connectivity index (χ1v) is 41.6. The number of para-hydroxylation sites is 5. The number of hydrogen-bond acceptors (Lipinski definition) is 25. The van der Waals surface area contributed by atoms with Crippen molar-refractivity contribution in [3.63, 3.8) is 0 Å². The minimum absolute atomic E-state index is 0. The highest BCUT2D eigenvalue weighted by Crippen LogP contribution is 2.42. The number of ether oxygens (including phenoxy) is 4. The summed E-state index contributed by atoms with van der Waals surface area (Å²) in [5, 5.41) is 20.6. The molecule has 0 aliphatic carbocycles. The van der Waals surface area contributed by atoms with Gasteiger partial charge in [-0.05, 0) is 207 Å². The molecule has 15 aromatic rings. The van der Waals surface area contributed by atoms with E-state index >= 15 is 0 Å². The van der Waals surface area contributed by atoms with E-state index in [1.807, 2.05) is 248 Å². The summed E-state index contributed by atoms with van der Waals surface area (Å²) >= 11 is 8.20. The Bertz CT molecular complexity index is 6200. The molecule has 124 heavy (non-hydrogen) atoms. The molecule has 3 N–H and O–H groups in total. The first kappa shape index (κ1) is 88.2. The number of aromatic nitrogens is 10. The van der Waals surface area contributed by atoms with Gasteiger partial charge in [0.15, 0.2) is 23.1 Å². The Morgan fingerprint density at radius 3 is 0.968 bits per heavy atom. The summed E-state index contributed by atoms with van der Waals surface area (Å²) in [6.07, 6.45) is 1.60. The van der Waals surface area contributed by atoms with Crippen molar-refractivity contribution in [2.24, 2.45) is 0 Å². The Morgan fingerprint density at radius 2 is 0.637 bits per heavy atom. The second kappa shape index (κ2) is 39.9. The number of amides is 1. The third kappa shape index (κ3) is 20.4. The fourth-order valence-electron chi connectivity index (χ4n) is 15.1. The van der Waals surface area contributed by atoms with Crippen LogP contribution in [0.3, 0.4) is 0 Å². The second-order valence-corrected chi connectivity index (χ2v) is 31.0. The number of rotatable bonds is 8. The van der Waals surface area contributed by atoms with Crippen LogP contribution in [0.2, 0.25) is 5.15 Å². The van der Waals surface area contributed by atoms with Gasteiger partial charge in [-0.25, -0.2) is 49.8 Å². The van der Waals surface area contributed by atoms with Gasteiger partial charge in [0.2, 0.25) is 5.91 Å². The van der Waals surface area contributed by atoms with Crippen molar-refractivity contribution in [2.45, 2.75) is 67.2 Å². The van der Waals surface area contributed by atoms with Gasteiger partial charge in [-0.2, -0.15) is 0 Å². The van der Waals surface area contributed by atoms with Crippen molar-refractivity contribution < 1.29 is 48.0 Å². The van der Waals surface area contributed by atoms with Crippen LogP contribution in [0, 0.1) is 34.6 Å². The van der Waals surface area contributed by atoms with Crippen LogP contribution in [0.1, 0.15) is 58.3 Å². The molecular formula is C95H89Cl2IN16O10. The van der Waals surface area contributed by atoms with Gasteiger partial charge in [0, 0.05) is 81.4 Å². The molecule has 26 nitrogen and oxygen atoms in total. The predicted octanol–water partition coefficient (Wildman–Crippen LogP) is 18.1. The van der Waals surface area contributed by atoms with Crippen molar-refractivity contribution in [1.82, 2.24) is 49.8 Å². The number of nitrogens with one attached hydrogen (secondary N) is 2. The molecule has 630 valence electrons. The van der Waals surface area contributed by atoms with E-state index in [4.69, 9.17) is 30.5 Å². The highest BCUT2D eigenvalue weighted by molar-refractivity contribution is 14.1. The van der Waals surface area contributed by atoms with Crippen LogP contribution in [-0.4, -0.2) is 150 Å². The molecule has 10 aromatic carbocycles. The van der Waals surface area contributed by atoms with Crippen molar-refractivity contribution in [2.75, 3.05) is 95.8 Å². The van der Waals surface area contributed by atoms with E-state index in [1.54, 1.807) is 46.6 Å². The van der Waals surface area contributed by atoms with E-state index < -0.39 is 0 Å². The van der Waals surface area contributed by atoms with E-state index in [0.29, 0.717) is 86.1 Å². The van der Waals surface area contributed by atoms with Gasteiger partial charge in [-0.15, -0.1) is 12.4 Å². The van der Waals surface area contributed by atoms with Crippen molar-refractivity contribution in [1.29, 1.82) is 0 Å². The van der Waals surface area contributed by atoms with Crippen LogP contribution in [0.5, 0.6) is 28.7 Å². The highest BCUT2D eigenvalue weighted by atomic mass is 127. The molecule has 0 fully saturated rings. The topological polar surface area (TPSA) is 308 Å². The number of halogens is 3. The maximum Gasteiger partial charge on any atom is 0.243 e. The molecule has 1 amide bonds. The normalized spacial score (nSPS) is 13.3. The number of alkyl halides is 1. The average Bonchev–Trinajstić information content (AvgIpc) is 0.778. The number of Topliss-reactive ketones (excluding diaryl/α,β-unsaturated/α-hetero) is 4. The fraction of sp³-hybridized carbons (Fsp3) is 0.211. The van der Waals surface area contributed by atoms with Gasteiger partial charge in [0.05, 0.1) is 100 Å². The van der Waals surface area contributed by atoms with E-state index in [1.165, 1.54) is 4.43 Å². The number of phenolic OH excluding ortho intramolecular Hbond substituents is 1. The molecular weight excluding hydrogens is 1720 g/mol. The number of aryl methyl sites for hydroxylation is 5. The van der Waals surface area contributed by atoms with Gasteiger partial charge in [0.25, 0.3) is 0 Å². The molecule has 0 saturated carbocycles. The molecule has 0 saturated heterocycles. The SMILES string of the molecule is COc1ccc2c(c1)CC(=O)CN2c1nc(C)nc2ccccc12.COc1ccc2c(c1)CC(=O)CN2c1nc(C)nc2ccccc12.COc1ccc2c(c1)NC(=O)CN2.C[11CH2]I.Cc1nc(Cl)c2ccccc2n1.Cc1nc(N2CC(=O)Cc3cc(O)ccc32)c2ccccc2n1.Cc1nc(N2CC(=O)Cc3cc(O[11CH3])ccc32)c2ccccc2n1.Cl. The number of fused-ring (bicyclic) bond motifs is 10. The lowest BCUT2D eigenvalue weighted by molar-refractivity contribution is -0.118. The summed E-state index contributed by atoms with van der Waals surface area (Å²) in [5.74, 6) is 10.2. The first-order valence-electron chi connectivity index (χ1n) is 39.7. The lowest BCUT2D eigenvalue weighted by Gasteiger charge is -2.30. The third-order valence-corrected chi connectivity index (χ3v) is 20.7. The number of anilines is 10. The van der Waals surface area contributed by atoms with Crippen LogP contribution >= 0.6 is 46.6 Å². The van der Waals surface area contributed by atoms with E-state index in [9.17, 15) is 29.1 Å². The number of ketones is 4. The summed E-state index contributed by atoms with van der Waals surface area (Å²) in [4.78, 5) is 113. The summed E-state index contributed by atoms with van der Waals surface area (Å²) in [6.45, 7) is 13.0. The maximum atomic E-state index is 12.3. The number of benzene rings is 10. The summed E-state index contributed by atoms with van der Waals surface area (Å²) in [7, 11) is 6.49. The Kier molecular flexibility index (Phi) is 28.4. The summed E-state index contributed by atoms with van der Waals surface area (Å²) < 4.78 is 22.1. The zero-order valence-corrected chi connectivity index (χ0v) is 73.6. The molecule has 29 heteroatoms.